The fourth-order valence-electron chi connectivity index (χ4n) is 1.73. The molecule has 0 amide bonds. The molecule has 20 heavy (non-hydrogen) atoms. The fraction of sp³-hybridized carbons (Fsp3) is 0.533. The van der Waals surface area contributed by atoms with Gasteiger partial charge in [-0.05, 0) is 45.9 Å². The van der Waals surface area contributed by atoms with Crippen LogP contribution in [-0.4, -0.2) is 30.0 Å². The number of benzene rings is 1. The lowest BCUT2D eigenvalue weighted by molar-refractivity contribution is -0.153. The Morgan fingerprint density at radius 3 is 2.55 bits per heavy atom. The summed E-state index contributed by atoms with van der Waals surface area (Å²) in [7, 11) is 0. The van der Waals surface area contributed by atoms with Crippen LogP contribution in [0.4, 0.5) is 0 Å². The molecule has 5 heteroatoms. The highest BCUT2D eigenvalue weighted by atomic mass is 32.2. The van der Waals surface area contributed by atoms with E-state index in [0.29, 0.717) is 13.2 Å². The number of rotatable bonds is 3. The Morgan fingerprint density at radius 2 is 1.90 bits per heavy atom. The highest BCUT2D eigenvalue weighted by Gasteiger charge is 2.23. The van der Waals surface area contributed by atoms with Crippen molar-refractivity contribution >= 4 is 17.7 Å². The summed E-state index contributed by atoms with van der Waals surface area (Å²) in [4.78, 5) is 12.9. The molecule has 1 aromatic rings. The van der Waals surface area contributed by atoms with Crippen LogP contribution in [0, 0.1) is 0 Å². The van der Waals surface area contributed by atoms with Gasteiger partial charge in [-0.1, -0.05) is 0 Å². The Balaban J connectivity index is 2.01. The third kappa shape index (κ3) is 4.07. The van der Waals surface area contributed by atoms with E-state index in [9.17, 15) is 4.79 Å². The van der Waals surface area contributed by atoms with Gasteiger partial charge in [0.05, 0.1) is 0 Å². The molecule has 2 rings (SSSR count). The summed E-state index contributed by atoms with van der Waals surface area (Å²) in [6, 6.07) is 5.71. The van der Waals surface area contributed by atoms with Gasteiger partial charge in [-0.2, -0.15) is 0 Å². The fourth-order valence-corrected chi connectivity index (χ4v) is 2.61. The summed E-state index contributed by atoms with van der Waals surface area (Å²) in [6.07, 6.45) is 0. The van der Waals surface area contributed by atoms with E-state index in [1.807, 2.05) is 45.9 Å². The zero-order valence-corrected chi connectivity index (χ0v) is 13.1. The largest absolute Gasteiger partial charge is 0.486 e. The minimum absolute atomic E-state index is 0.211. The van der Waals surface area contributed by atoms with Gasteiger partial charge in [-0.3, -0.25) is 4.79 Å². The first kappa shape index (κ1) is 15.0. The maximum Gasteiger partial charge on any atom is 0.319 e. The van der Waals surface area contributed by atoms with Crippen molar-refractivity contribution in [3.63, 3.8) is 0 Å². The van der Waals surface area contributed by atoms with Gasteiger partial charge in [-0.15, -0.1) is 11.8 Å². The first-order valence-electron chi connectivity index (χ1n) is 6.64. The van der Waals surface area contributed by atoms with Crippen LogP contribution in [-0.2, 0) is 9.53 Å². The third-order valence-corrected chi connectivity index (χ3v) is 3.64. The number of esters is 1. The molecule has 0 bridgehead atoms. The van der Waals surface area contributed by atoms with Crippen molar-refractivity contribution in [2.75, 3.05) is 13.2 Å². The molecule has 1 aliphatic heterocycles. The second-order valence-electron chi connectivity index (χ2n) is 5.60. The summed E-state index contributed by atoms with van der Waals surface area (Å²) < 4.78 is 16.4. The molecule has 1 unspecified atom stereocenters. The molecule has 0 fully saturated rings. The topological polar surface area (TPSA) is 44.8 Å². The highest BCUT2D eigenvalue weighted by Crippen LogP contribution is 2.35. The van der Waals surface area contributed by atoms with Crippen LogP contribution in [0.2, 0.25) is 0 Å². The molecule has 0 saturated heterocycles. The van der Waals surface area contributed by atoms with Gasteiger partial charge in [0.2, 0.25) is 0 Å². The van der Waals surface area contributed by atoms with Gasteiger partial charge in [0, 0.05) is 4.90 Å². The van der Waals surface area contributed by atoms with Gasteiger partial charge in [0.1, 0.15) is 24.1 Å². The van der Waals surface area contributed by atoms with E-state index >= 15 is 0 Å². The number of hydrogen-bond donors (Lipinski definition) is 0. The number of carbonyl (C=O) groups is 1. The molecule has 1 aromatic carbocycles. The molecule has 0 spiro atoms. The maximum atomic E-state index is 12.0. The Bertz CT molecular complexity index is 493. The average Bonchev–Trinajstić information content (AvgIpc) is 2.36. The lowest BCUT2D eigenvalue weighted by atomic mass is 10.2. The molecule has 1 atom stereocenters. The SMILES string of the molecule is CC(Sc1ccc2c(c1)OCCO2)C(=O)OC(C)(C)C. The second-order valence-corrected chi connectivity index (χ2v) is 7.01. The van der Waals surface area contributed by atoms with E-state index in [-0.39, 0.29) is 11.2 Å². The van der Waals surface area contributed by atoms with E-state index in [2.05, 4.69) is 0 Å². The van der Waals surface area contributed by atoms with Crippen LogP contribution >= 0.6 is 11.8 Å². The van der Waals surface area contributed by atoms with E-state index in [0.717, 1.165) is 16.4 Å². The molecule has 0 aliphatic carbocycles. The molecule has 0 saturated carbocycles. The first-order valence-corrected chi connectivity index (χ1v) is 7.52. The van der Waals surface area contributed by atoms with Crippen molar-refractivity contribution in [3.8, 4) is 11.5 Å². The van der Waals surface area contributed by atoms with Crippen LogP contribution in [0.1, 0.15) is 27.7 Å². The van der Waals surface area contributed by atoms with Gasteiger partial charge >= 0.3 is 5.97 Å². The van der Waals surface area contributed by atoms with Gasteiger partial charge in [-0.25, -0.2) is 0 Å². The number of ether oxygens (including phenoxy) is 3. The molecular weight excluding hydrogens is 276 g/mol. The Kier molecular flexibility index (Phi) is 4.48. The standard InChI is InChI=1S/C15H20O4S/c1-10(14(16)19-15(2,3)4)20-11-5-6-12-13(9-11)18-8-7-17-12/h5-6,9-10H,7-8H2,1-4H3. The number of fused-ring (bicyclic) bond motifs is 1. The molecular formula is C15H20O4S. The van der Waals surface area contributed by atoms with Gasteiger partial charge in [0.25, 0.3) is 0 Å². The average molecular weight is 296 g/mol. The first-order chi connectivity index (χ1) is 9.35. The van der Waals surface area contributed by atoms with Crippen molar-refractivity contribution in [1.82, 2.24) is 0 Å². The van der Waals surface area contributed by atoms with Gasteiger partial charge in [0.15, 0.2) is 11.5 Å². The Labute approximate surface area is 123 Å². The third-order valence-electron chi connectivity index (χ3n) is 2.57. The second kappa shape index (κ2) is 5.95. The Morgan fingerprint density at radius 1 is 1.25 bits per heavy atom. The van der Waals surface area contributed by atoms with Crippen LogP contribution < -0.4 is 9.47 Å². The molecule has 1 aliphatic rings. The minimum Gasteiger partial charge on any atom is -0.486 e. The van der Waals surface area contributed by atoms with Crippen molar-refractivity contribution < 1.29 is 19.0 Å². The quantitative estimate of drug-likeness (QED) is 0.632. The van der Waals surface area contributed by atoms with E-state index in [1.165, 1.54) is 11.8 Å². The lowest BCUT2D eigenvalue weighted by Gasteiger charge is -2.22. The molecule has 4 nitrogen and oxygen atoms in total. The lowest BCUT2D eigenvalue weighted by Crippen LogP contribution is -2.28. The summed E-state index contributed by atoms with van der Waals surface area (Å²) in [6.45, 7) is 8.58. The monoisotopic (exact) mass is 296 g/mol. The molecule has 0 N–H and O–H groups in total. The van der Waals surface area contributed by atoms with E-state index in [4.69, 9.17) is 14.2 Å². The normalized spacial score (nSPS) is 15.6. The predicted molar refractivity (Wildman–Crippen MR) is 78.6 cm³/mol. The maximum absolute atomic E-state index is 12.0. The smallest absolute Gasteiger partial charge is 0.319 e. The van der Waals surface area contributed by atoms with Crippen molar-refractivity contribution in [1.29, 1.82) is 0 Å². The highest BCUT2D eigenvalue weighted by molar-refractivity contribution is 8.00. The van der Waals surface area contributed by atoms with Crippen molar-refractivity contribution in [2.45, 2.75) is 43.4 Å². The number of hydrogen-bond acceptors (Lipinski definition) is 5. The summed E-state index contributed by atoms with van der Waals surface area (Å²) >= 11 is 1.46. The molecule has 0 radical (unpaired) electrons. The minimum atomic E-state index is -0.460. The molecule has 0 aromatic heterocycles. The summed E-state index contributed by atoms with van der Waals surface area (Å²) in [5, 5.41) is -0.267. The zero-order chi connectivity index (χ0) is 14.8. The van der Waals surface area contributed by atoms with Crippen LogP contribution in [0.25, 0.3) is 0 Å². The number of thioether (sulfide) groups is 1. The van der Waals surface area contributed by atoms with Crippen LogP contribution in [0.5, 0.6) is 11.5 Å². The summed E-state index contributed by atoms with van der Waals surface area (Å²) in [5.74, 6) is 1.28. The Hall–Kier alpha value is -1.36. The molecule has 1 heterocycles. The van der Waals surface area contributed by atoms with E-state index < -0.39 is 5.60 Å². The van der Waals surface area contributed by atoms with Crippen molar-refractivity contribution in [2.24, 2.45) is 0 Å². The zero-order valence-electron chi connectivity index (χ0n) is 12.3. The van der Waals surface area contributed by atoms with Gasteiger partial charge < -0.3 is 14.2 Å². The number of carbonyl (C=O) groups excluding carboxylic acids is 1. The summed E-state index contributed by atoms with van der Waals surface area (Å²) in [5.41, 5.74) is -0.460. The van der Waals surface area contributed by atoms with Crippen LogP contribution in [0.3, 0.4) is 0 Å². The predicted octanol–water partition coefficient (Wildman–Crippen LogP) is 3.28. The van der Waals surface area contributed by atoms with Crippen molar-refractivity contribution in [3.05, 3.63) is 18.2 Å². The van der Waals surface area contributed by atoms with E-state index in [1.54, 1.807) is 0 Å². The molecule has 110 valence electrons. The van der Waals surface area contributed by atoms with Crippen LogP contribution in [0.15, 0.2) is 23.1 Å².